The lowest BCUT2D eigenvalue weighted by molar-refractivity contribution is -0.151. The molecule has 2 unspecified atom stereocenters. The topological polar surface area (TPSA) is 34.1 Å². The van der Waals surface area contributed by atoms with Gasteiger partial charge in [0.2, 0.25) is 0 Å². The molecule has 1 aliphatic rings. The van der Waals surface area contributed by atoms with Crippen LogP contribution in [0.1, 0.15) is 41.5 Å². The number of carbonyl (C=O) groups is 2. The summed E-state index contributed by atoms with van der Waals surface area (Å²) in [4.78, 5) is 24.2. The maximum Gasteiger partial charge on any atom is 0.146 e. The normalized spacial score (nSPS) is 36.1. The van der Waals surface area contributed by atoms with Gasteiger partial charge >= 0.3 is 0 Å². The van der Waals surface area contributed by atoms with Gasteiger partial charge < -0.3 is 0 Å². The van der Waals surface area contributed by atoms with Gasteiger partial charge in [-0.1, -0.05) is 41.5 Å². The Balaban J connectivity index is 3.11. The Kier molecular flexibility index (Phi) is 3.09. The van der Waals surface area contributed by atoms with Gasteiger partial charge in [-0.05, 0) is 11.3 Å². The number of ketones is 2. The molecule has 0 heterocycles. The molecule has 1 fully saturated rings. The third kappa shape index (κ3) is 1.75. The molecule has 2 heteroatoms. The zero-order valence-corrected chi connectivity index (χ0v) is 10.6. The summed E-state index contributed by atoms with van der Waals surface area (Å²) < 4.78 is 0. The number of carbonyl (C=O) groups excluding carboxylic acids is 2. The third-order valence-electron chi connectivity index (χ3n) is 4.37. The first kappa shape index (κ1) is 12.4. The van der Waals surface area contributed by atoms with Crippen molar-refractivity contribution in [1.29, 1.82) is 0 Å². The molecule has 0 radical (unpaired) electrons. The summed E-state index contributed by atoms with van der Waals surface area (Å²) in [5, 5.41) is 0. The Morgan fingerprint density at radius 3 is 1.60 bits per heavy atom. The van der Waals surface area contributed by atoms with E-state index in [1.807, 2.05) is 41.5 Å². The van der Waals surface area contributed by atoms with Crippen LogP contribution in [0.5, 0.6) is 0 Å². The van der Waals surface area contributed by atoms with Gasteiger partial charge in [-0.3, -0.25) is 9.59 Å². The van der Waals surface area contributed by atoms with Crippen LogP contribution in [0, 0.1) is 29.1 Å². The second-order valence-corrected chi connectivity index (χ2v) is 5.79. The van der Waals surface area contributed by atoms with Crippen molar-refractivity contribution in [2.45, 2.75) is 41.5 Å². The molecule has 0 amide bonds. The fourth-order valence-corrected chi connectivity index (χ4v) is 2.44. The van der Waals surface area contributed by atoms with Gasteiger partial charge in [0.05, 0.1) is 5.92 Å². The van der Waals surface area contributed by atoms with E-state index in [-0.39, 0.29) is 40.7 Å². The van der Waals surface area contributed by atoms with E-state index in [2.05, 4.69) is 0 Å². The van der Waals surface area contributed by atoms with Gasteiger partial charge in [0.1, 0.15) is 11.6 Å². The van der Waals surface area contributed by atoms with Crippen LogP contribution in [0.25, 0.3) is 0 Å². The summed E-state index contributed by atoms with van der Waals surface area (Å²) in [5.74, 6) is 0.000394. The standard InChI is InChI=1S/C13H22O2/c1-7(2)10-11(14)8(3)13(5,6)9(4)12(10)15/h7-10H,1-6H3. The molecule has 0 saturated heterocycles. The van der Waals surface area contributed by atoms with Crippen LogP contribution >= 0.6 is 0 Å². The molecule has 1 rings (SSSR count). The van der Waals surface area contributed by atoms with E-state index in [1.165, 1.54) is 0 Å². The molecule has 15 heavy (non-hydrogen) atoms. The van der Waals surface area contributed by atoms with Gasteiger partial charge in [-0.25, -0.2) is 0 Å². The Labute approximate surface area is 92.4 Å². The molecular formula is C13H22O2. The van der Waals surface area contributed by atoms with Gasteiger partial charge in [-0.2, -0.15) is 0 Å². The highest BCUT2D eigenvalue weighted by Gasteiger charge is 2.50. The van der Waals surface area contributed by atoms with E-state index in [1.54, 1.807) is 0 Å². The number of hydrogen-bond donors (Lipinski definition) is 0. The molecule has 0 bridgehead atoms. The quantitative estimate of drug-likeness (QED) is 0.624. The van der Waals surface area contributed by atoms with E-state index in [4.69, 9.17) is 0 Å². The van der Waals surface area contributed by atoms with Crippen molar-refractivity contribution in [3.63, 3.8) is 0 Å². The number of hydrogen-bond acceptors (Lipinski definition) is 2. The molecular weight excluding hydrogens is 188 g/mol. The maximum atomic E-state index is 12.1. The lowest BCUT2D eigenvalue weighted by atomic mass is 9.57. The second-order valence-electron chi connectivity index (χ2n) is 5.79. The number of Topliss-reactive ketones (excluding diaryl/α,β-unsaturated/α-hetero) is 2. The molecule has 2 nitrogen and oxygen atoms in total. The highest BCUT2D eigenvalue weighted by atomic mass is 16.2. The summed E-state index contributed by atoms with van der Waals surface area (Å²) in [6.07, 6.45) is 0. The Hall–Kier alpha value is -0.660. The average Bonchev–Trinajstić information content (AvgIpc) is 2.12. The Morgan fingerprint density at radius 2 is 1.33 bits per heavy atom. The van der Waals surface area contributed by atoms with Crippen molar-refractivity contribution >= 4 is 11.6 Å². The van der Waals surface area contributed by atoms with Crippen molar-refractivity contribution in [2.75, 3.05) is 0 Å². The molecule has 86 valence electrons. The molecule has 0 aliphatic heterocycles. The lowest BCUT2D eigenvalue weighted by Crippen LogP contribution is -2.51. The van der Waals surface area contributed by atoms with Crippen molar-refractivity contribution in [1.82, 2.24) is 0 Å². The molecule has 1 saturated carbocycles. The average molecular weight is 210 g/mol. The van der Waals surface area contributed by atoms with E-state index in [0.29, 0.717) is 0 Å². The van der Waals surface area contributed by atoms with Crippen LogP contribution in [-0.4, -0.2) is 11.6 Å². The first-order valence-corrected chi connectivity index (χ1v) is 5.78. The van der Waals surface area contributed by atoms with Crippen LogP contribution in [-0.2, 0) is 9.59 Å². The van der Waals surface area contributed by atoms with Crippen molar-refractivity contribution in [2.24, 2.45) is 29.1 Å². The molecule has 2 atom stereocenters. The highest BCUT2D eigenvalue weighted by Crippen LogP contribution is 2.44. The van der Waals surface area contributed by atoms with Gasteiger partial charge in [-0.15, -0.1) is 0 Å². The summed E-state index contributed by atoms with van der Waals surface area (Å²) in [6, 6.07) is 0. The molecule has 0 aromatic carbocycles. The van der Waals surface area contributed by atoms with E-state index >= 15 is 0 Å². The maximum absolute atomic E-state index is 12.1. The molecule has 1 aliphatic carbocycles. The zero-order valence-electron chi connectivity index (χ0n) is 10.6. The van der Waals surface area contributed by atoms with Crippen LogP contribution in [0.2, 0.25) is 0 Å². The largest absolute Gasteiger partial charge is 0.299 e. The molecule has 0 aromatic heterocycles. The molecule has 0 spiro atoms. The summed E-state index contributed by atoms with van der Waals surface area (Å²) >= 11 is 0. The van der Waals surface area contributed by atoms with Gasteiger partial charge in [0, 0.05) is 11.8 Å². The van der Waals surface area contributed by atoms with Crippen molar-refractivity contribution < 1.29 is 9.59 Å². The second kappa shape index (κ2) is 3.73. The predicted molar refractivity (Wildman–Crippen MR) is 60.5 cm³/mol. The minimum absolute atomic E-state index is 0.0161. The molecule has 0 aromatic rings. The van der Waals surface area contributed by atoms with Crippen LogP contribution in [0.4, 0.5) is 0 Å². The zero-order chi connectivity index (χ0) is 12.0. The van der Waals surface area contributed by atoms with E-state index in [9.17, 15) is 9.59 Å². The van der Waals surface area contributed by atoms with Crippen LogP contribution in [0.3, 0.4) is 0 Å². The predicted octanol–water partition coefficient (Wildman–Crippen LogP) is 2.71. The fourth-order valence-electron chi connectivity index (χ4n) is 2.44. The first-order chi connectivity index (χ1) is 6.71. The number of rotatable bonds is 1. The summed E-state index contributed by atoms with van der Waals surface area (Å²) in [5.41, 5.74) is -0.195. The third-order valence-corrected chi connectivity index (χ3v) is 4.37. The minimum atomic E-state index is -0.372. The van der Waals surface area contributed by atoms with Crippen LogP contribution < -0.4 is 0 Å². The monoisotopic (exact) mass is 210 g/mol. The first-order valence-electron chi connectivity index (χ1n) is 5.78. The van der Waals surface area contributed by atoms with Crippen LogP contribution in [0.15, 0.2) is 0 Å². The van der Waals surface area contributed by atoms with Crippen molar-refractivity contribution in [3.8, 4) is 0 Å². The fraction of sp³-hybridized carbons (Fsp3) is 0.846. The Bertz CT molecular complexity index is 265. The SMILES string of the molecule is CC(C)C1C(=O)C(C)C(C)(C)C(C)C1=O. The minimum Gasteiger partial charge on any atom is -0.299 e. The van der Waals surface area contributed by atoms with Crippen molar-refractivity contribution in [3.05, 3.63) is 0 Å². The summed E-state index contributed by atoms with van der Waals surface area (Å²) in [7, 11) is 0. The van der Waals surface area contributed by atoms with Gasteiger partial charge in [0.15, 0.2) is 0 Å². The lowest BCUT2D eigenvalue weighted by Gasteiger charge is -2.44. The van der Waals surface area contributed by atoms with E-state index < -0.39 is 0 Å². The van der Waals surface area contributed by atoms with E-state index in [0.717, 1.165) is 0 Å². The van der Waals surface area contributed by atoms with Gasteiger partial charge in [0.25, 0.3) is 0 Å². The molecule has 0 N–H and O–H groups in total. The highest BCUT2D eigenvalue weighted by molar-refractivity contribution is 6.07. The Morgan fingerprint density at radius 1 is 1.00 bits per heavy atom. The smallest absolute Gasteiger partial charge is 0.146 e. The summed E-state index contributed by atoms with van der Waals surface area (Å²) in [6.45, 7) is 11.9.